The van der Waals surface area contributed by atoms with Gasteiger partial charge in [0.15, 0.2) is 6.61 Å². The molecule has 4 rings (SSSR count). The molecule has 1 aliphatic heterocycles. The topological polar surface area (TPSA) is 53.4 Å². The largest absolute Gasteiger partial charge is 0.483 e. The average molecular weight is 449 g/mol. The fourth-order valence-electron chi connectivity index (χ4n) is 3.60. The molecule has 0 unspecified atom stereocenters. The summed E-state index contributed by atoms with van der Waals surface area (Å²) in [6.07, 6.45) is 4.30. The molecular weight excluding hydrogens is 428 g/mol. The summed E-state index contributed by atoms with van der Waals surface area (Å²) in [5.41, 5.74) is 3.31. The molecule has 0 aromatic heterocycles. The first-order valence-electron chi connectivity index (χ1n) is 9.53. The number of halogens is 1. The first-order valence-corrected chi connectivity index (χ1v) is 10.3. The summed E-state index contributed by atoms with van der Waals surface area (Å²) in [5, 5.41) is 9.42. The quantitative estimate of drug-likeness (QED) is 0.538. The second-order valence-electron chi connectivity index (χ2n) is 6.96. The zero-order valence-electron chi connectivity index (χ0n) is 15.9. The first kappa shape index (κ1) is 19.4. The lowest BCUT2D eigenvalue weighted by molar-refractivity contribution is -0.132. The minimum Gasteiger partial charge on any atom is -0.483 e. The highest BCUT2D eigenvalue weighted by atomic mass is 79.9. The van der Waals surface area contributed by atoms with Crippen LogP contribution in [0.25, 0.3) is 16.3 Å². The molecule has 0 saturated carbocycles. The van der Waals surface area contributed by atoms with Gasteiger partial charge in [-0.1, -0.05) is 58.4 Å². The molecule has 0 saturated heterocycles. The molecule has 0 radical (unpaired) electrons. The Labute approximate surface area is 178 Å². The predicted octanol–water partition coefficient (Wildman–Crippen LogP) is 5.29. The summed E-state index contributed by atoms with van der Waals surface area (Å²) in [4.78, 5) is 14.5. The van der Waals surface area contributed by atoms with E-state index in [9.17, 15) is 4.79 Å². The van der Waals surface area contributed by atoms with Gasteiger partial charge in [-0.15, -0.1) is 0 Å². The molecule has 0 spiro atoms. The SMILES string of the molecule is N=Cc1ccc(OCC(=O)N2CC=C(c3ccc(Br)cc3)CC2)c2ccccc12. The van der Waals surface area contributed by atoms with Crippen molar-refractivity contribution < 1.29 is 9.53 Å². The normalized spacial score (nSPS) is 13.8. The highest BCUT2D eigenvalue weighted by Crippen LogP contribution is 2.28. The maximum absolute atomic E-state index is 12.6. The number of nitrogens with one attached hydrogen (secondary N) is 1. The van der Waals surface area contributed by atoms with Gasteiger partial charge in [0.25, 0.3) is 5.91 Å². The molecule has 0 bridgehead atoms. The van der Waals surface area contributed by atoms with E-state index in [1.165, 1.54) is 17.4 Å². The van der Waals surface area contributed by atoms with Crippen LogP contribution in [0, 0.1) is 5.41 Å². The minimum absolute atomic E-state index is 0.00931. The van der Waals surface area contributed by atoms with Gasteiger partial charge in [-0.3, -0.25) is 4.79 Å². The van der Waals surface area contributed by atoms with Crippen LogP contribution in [-0.4, -0.2) is 36.7 Å². The number of nitrogens with zero attached hydrogens (tertiary/aromatic N) is 1. The molecule has 0 atom stereocenters. The molecule has 5 heteroatoms. The summed E-state index contributed by atoms with van der Waals surface area (Å²) >= 11 is 3.46. The molecule has 1 aliphatic rings. The Morgan fingerprint density at radius 2 is 1.83 bits per heavy atom. The zero-order valence-corrected chi connectivity index (χ0v) is 17.5. The van der Waals surface area contributed by atoms with Crippen molar-refractivity contribution >= 4 is 44.4 Å². The van der Waals surface area contributed by atoms with Crippen LogP contribution in [0.4, 0.5) is 0 Å². The predicted molar refractivity (Wildman–Crippen MR) is 121 cm³/mol. The van der Waals surface area contributed by atoms with Gasteiger partial charge < -0.3 is 15.0 Å². The minimum atomic E-state index is -0.0173. The maximum atomic E-state index is 12.6. The maximum Gasteiger partial charge on any atom is 0.260 e. The molecular formula is C24H21BrN2O2. The van der Waals surface area contributed by atoms with E-state index in [2.05, 4.69) is 34.1 Å². The number of hydrogen-bond donors (Lipinski definition) is 1. The first-order chi connectivity index (χ1) is 14.2. The monoisotopic (exact) mass is 448 g/mol. The second kappa shape index (κ2) is 8.62. The van der Waals surface area contributed by atoms with E-state index < -0.39 is 0 Å². The smallest absolute Gasteiger partial charge is 0.260 e. The van der Waals surface area contributed by atoms with Gasteiger partial charge in [0.1, 0.15) is 5.75 Å². The molecule has 0 fully saturated rings. The van der Waals surface area contributed by atoms with Gasteiger partial charge in [0.2, 0.25) is 0 Å². The van der Waals surface area contributed by atoms with Crippen LogP contribution in [0.15, 0.2) is 71.2 Å². The van der Waals surface area contributed by atoms with Crippen LogP contribution >= 0.6 is 15.9 Å². The van der Waals surface area contributed by atoms with Crippen LogP contribution in [0.2, 0.25) is 0 Å². The van der Waals surface area contributed by atoms with Gasteiger partial charge in [-0.25, -0.2) is 0 Å². The van der Waals surface area contributed by atoms with Crippen LogP contribution < -0.4 is 4.74 Å². The molecule has 3 aromatic carbocycles. The van der Waals surface area contributed by atoms with E-state index in [0.29, 0.717) is 18.8 Å². The third kappa shape index (κ3) is 4.25. The molecule has 3 aromatic rings. The molecule has 1 amide bonds. The van der Waals surface area contributed by atoms with Crippen LogP contribution in [0.1, 0.15) is 17.5 Å². The number of fused-ring (bicyclic) bond motifs is 1. The number of carbonyl (C=O) groups is 1. The number of amides is 1. The second-order valence-corrected chi connectivity index (χ2v) is 7.87. The number of ether oxygens (including phenoxy) is 1. The standard InChI is InChI=1S/C24H21BrN2O2/c25-20-8-5-17(6-9-20)18-11-13-27(14-12-18)24(28)16-29-23-10-7-19(15-26)21-3-1-2-4-22(21)23/h1-11,15,26H,12-14,16H2. The van der Waals surface area contributed by atoms with E-state index in [-0.39, 0.29) is 12.5 Å². The lowest BCUT2D eigenvalue weighted by Gasteiger charge is -2.27. The van der Waals surface area contributed by atoms with Crippen molar-refractivity contribution in [2.75, 3.05) is 19.7 Å². The van der Waals surface area contributed by atoms with Gasteiger partial charge in [0.05, 0.1) is 0 Å². The Morgan fingerprint density at radius 1 is 1.07 bits per heavy atom. The van der Waals surface area contributed by atoms with Gasteiger partial charge in [0, 0.05) is 34.7 Å². The Balaban J connectivity index is 1.42. The van der Waals surface area contributed by atoms with Crippen LogP contribution in [-0.2, 0) is 4.79 Å². The third-order valence-corrected chi connectivity index (χ3v) is 5.73. The Morgan fingerprint density at radius 3 is 2.52 bits per heavy atom. The lowest BCUT2D eigenvalue weighted by Crippen LogP contribution is -2.37. The molecule has 1 N–H and O–H groups in total. The van der Waals surface area contributed by atoms with E-state index in [1.54, 1.807) is 0 Å². The molecule has 4 nitrogen and oxygen atoms in total. The summed E-state index contributed by atoms with van der Waals surface area (Å²) in [6, 6.07) is 19.7. The Hall–Kier alpha value is -2.92. The van der Waals surface area contributed by atoms with Crippen molar-refractivity contribution in [2.45, 2.75) is 6.42 Å². The summed E-state index contributed by atoms with van der Waals surface area (Å²) in [5.74, 6) is 0.652. The van der Waals surface area contributed by atoms with E-state index in [0.717, 1.165) is 27.2 Å². The van der Waals surface area contributed by atoms with Crippen molar-refractivity contribution in [3.05, 3.63) is 82.3 Å². The number of carbonyl (C=O) groups excluding carboxylic acids is 1. The Bertz CT molecular complexity index is 1090. The lowest BCUT2D eigenvalue weighted by atomic mass is 9.99. The molecule has 146 valence electrons. The van der Waals surface area contributed by atoms with Crippen LogP contribution in [0.3, 0.4) is 0 Å². The van der Waals surface area contributed by atoms with Crippen molar-refractivity contribution in [1.29, 1.82) is 5.41 Å². The number of rotatable bonds is 5. The summed E-state index contributed by atoms with van der Waals surface area (Å²) < 4.78 is 6.93. The number of benzene rings is 3. The summed E-state index contributed by atoms with van der Waals surface area (Å²) in [7, 11) is 0. The Kier molecular flexibility index (Phi) is 5.76. The average Bonchev–Trinajstić information content (AvgIpc) is 2.78. The van der Waals surface area contributed by atoms with Crippen molar-refractivity contribution in [2.24, 2.45) is 0 Å². The van der Waals surface area contributed by atoms with E-state index in [4.69, 9.17) is 10.1 Å². The molecule has 29 heavy (non-hydrogen) atoms. The molecule has 1 heterocycles. The highest BCUT2D eigenvalue weighted by Gasteiger charge is 2.19. The van der Waals surface area contributed by atoms with Gasteiger partial charge in [-0.05, 0) is 47.2 Å². The van der Waals surface area contributed by atoms with Gasteiger partial charge in [-0.2, -0.15) is 0 Å². The van der Waals surface area contributed by atoms with E-state index >= 15 is 0 Å². The number of hydrogen-bond acceptors (Lipinski definition) is 3. The van der Waals surface area contributed by atoms with Crippen LogP contribution in [0.5, 0.6) is 5.75 Å². The van der Waals surface area contributed by atoms with Gasteiger partial charge >= 0.3 is 0 Å². The van der Waals surface area contributed by atoms with Crippen molar-refractivity contribution in [1.82, 2.24) is 4.90 Å². The van der Waals surface area contributed by atoms with E-state index in [1.807, 2.05) is 53.4 Å². The zero-order chi connectivity index (χ0) is 20.2. The summed E-state index contributed by atoms with van der Waals surface area (Å²) in [6.45, 7) is 1.30. The van der Waals surface area contributed by atoms with Crippen molar-refractivity contribution in [3.63, 3.8) is 0 Å². The highest BCUT2D eigenvalue weighted by molar-refractivity contribution is 9.10. The fourth-order valence-corrected chi connectivity index (χ4v) is 3.86. The van der Waals surface area contributed by atoms with Crippen molar-refractivity contribution in [3.8, 4) is 5.75 Å². The fraction of sp³-hybridized carbons (Fsp3) is 0.167. The third-order valence-electron chi connectivity index (χ3n) is 5.20. The molecule has 0 aliphatic carbocycles.